The van der Waals surface area contributed by atoms with Crippen molar-refractivity contribution in [1.29, 1.82) is 0 Å². The molecule has 0 aromatic heterocycles. The quantitative estimate of drug-likeness (QED) is 0.602. The van der Waals surface area contributed by atoms with Crippen LogP contribution in [-0.2, 0) is 6.18 Å². The van der Waals surface area contributed by atoms with E-state index in [9.17, 15) is 31.1 Å². The topological polar surface area (TPSA) is 26.3 Å². The fourth-order valence-electron chi connectivity index (χ4n) is 1.23. The molecule has 0 amide bonds. The number of carbonyl (C=O) groups excluding carboxylic acids is 1. The van der Waals surface area contributed by atoms with E-state index in [1.54, 1.807) is 0 Å². The predicted molar refractivity (Wildman–Crippen MR) is 56.1 cm³/mol. The highest BCUT2D eigenvalue weighted by Gasteiger charge is 2.37. The van der Waals surface area contributed by atoms with Gasteiger partial charge in [-0.25, -0.2) is 0 Å². The van der Waals surface area contributed by atoms with Gasteiger partial charge in [-0.2, -0.15) is 26.3 Å². The van der Waals surface area contributed by atoms with Crippen LogP contribution in [0.25, 0.3) is 0 Å². The lowest BCUT2D eigenvalue weighted by Crippen LogP contribution is -2.21. The molecule has 0 radical (unpaired) electrons. The molecule has 0 heterocycles. The first-order valence-corrected chi connectivity index (χ1v) is 5.39. The minimum atomic E-state index is -4.94. The second kappa shape index (κ2) is 5.40. The van der Waals surface area contributed by atoms with E-state index in [-0.39, 0.29) is 10.8 Å². The summed E-state index contributed by atoms with van der Waals surface area (Å²) in [7, 11) is 0. The molecule has 1 rings (SSSR count). The first-order chi connectivity index (χ1) is 8.54. The molecule has 1 aromatic rings. The van der Waals surface area contributed by atoms with Gasteiger partial charge in [-0.3, -0.25) is 4.79 Å². The van der Waals surface area contributed by atoms with Crippen LogP contribution in [0.2, 0.25) is 0 Å². The van der Waals surface area contributed by atoms with Gasteiger partial charge in [0.1, 0.15) is 5.75 Å². The van der Waals surface area contributed by atoms with E-state index in [1.165, 1.54) is 0 Å². The number of alkyl halides is 6. The third-order valence-electron chi connectivity index (χ3n) is 1.89. The van der Waals surface area contributed by atoms with E-state index in [1.807, 2.05) is 0 Å². The Labute approximate surface area is 111 Å². The fourth-order valence-corrected chi connectivity index (χ4v) is 1.70. The van der Waals surface area contributed by atoms with Gasteiger partial charge in [0, 0.05) is 4.47 Å². The van der Waals surface area contributed by atoms with Crippen molar-refractivity contribution < 1.29 is 35.9 Å². The van der Waals surface area contributed by atoms with Crippen LogP contribution in [0.4, 0.5) is 26.3 Å². The van der Waals surface area contributed by atoms with E-state index < -0.39 is 35.8 Å². The second-order valence-electron chi connectivity index (χ2n) is 3.39. The van der Waals surface area contributed by atoms with Gasteiger partial charge in [-0.05, 0) is 12.1 Å². The molecule has 0 bridgehead atoms. The van der Waals surface area contributed by atoms with Crippen LogP contribution >= 0.6 is 15.9 Å². The van der Waals surface area contributed by atoms with Crippen LogP contribution < -0.4 is 4.74 Å². The molecule has 0 aliphatic rings. The highest BCUT2D eigenvalue weighted by atomic mass is 79.9. The Kier molecular flexibility index (Phi) is 4.49. The Hall–Kier alpha value is -1.25. The van der Waals surface area contributed by atoms with Gasteiger partial charge < -0.3 is 4.74 Å². The fraction of sp³-hybridized carbons (Fsp3) is 0.300. The minimum absolute atomic E-state index is 0.00823. The van der Waals surface area contributed by atoms with Gasteiger partial charge in [-0.15, -0.1) is 0 Å². The average Bonchev–Trinajstić information content (AvgIpc) is 2.23. The number of carbonyl (C=O) groups is 1. The predicted octanol–water partition coefficient (Wildman–Crippen LogP) is 4.22. The highest BCUT2D eigenvalue weighted by Crippen LogP contribution is 2.40. The van der Waals surface area contributed by atoms with Gasteiger partial charge in [0.25, 0.3) is 0 Å². The third-order valence-corrected chi connectivity index (χ3v) is 2.35. The molecule has 0 unspecified atom stereocenters. The first-order valence-electron chi connectivity index (χ1n) is 4.60. The molecule has 19 heavy (non-hydrogen) atoms. The Morgan fingerprint density at radius 2 is 1.74 bits per heavy atom. The van der Waals surface area contributed by atoms with Crippen LogP contribution in [0.1, 0.15) is 15.9 Å². The maximum Gasteiger partial charge on any atom is 0.422 e. The number of hydrogen-bond acceptors (Lipinski definition) is 2. The first kappa shape index (κ1) is 15.8. The van der Waals surface area contributed by atoms with Gasteiger partial charge >= 0.3 is 12.4 Å². The summed E-state index contributed by atoms with van der Waals surface area (Å²) in [5.74, 6) is -1.14. The molecule has 0 saturated heterocycles. The Bertz CT molecular complexity index is 480. The summed E-state index contributed by atoms with van der Waals surface area (Å²) in [6.07, 6.45) is -9.76. The van der Waals surface area contributed by atoms with Gasteiger partial charge in [0.2, 0.25) is 0 Å². The molecule has 0 atom stereocenters. The van der Waals surface area contributed by atoms with Crippen LogP contribution in [0.5, 0.6) is 5.75 Å². The van der Waals surface area contributed by atoms with Crippen LogP contribution in [0.15, 0.2) is 16.6 Å². The zero-order chi connectivity index (χ0) is 14.8. The van der Waals surface area contributed by atoms with Crippen LogP contribution in [-0.4, -0.2) is 19.1 Å². The third kappa shape index (κ3) is 4.41. The van der Waals surface area contributed by atoms with Crippen molar-refractivity contribution in [2.75, 3.05) is 6.61 Å². The smallest absolute Gasteiger partial charge is 0.422 e. The molecule has 106 valence electrons. The molecular weight excluding hydrogens is 346 g/mol. The zero-order valence-electron chi connectivity index (χ0n) is 8.90. The van der Waals surface area contributed by atoms with Gasteiger partial charge in [0.15, 0.2) is 12.9 Å². The van der Waals surface area contributed by atoms with E-state index in [0.29, 0.717) is 6.07 Å². The SMILES string of the molecule is O=Cc1cc(Br)cc(C(F)(F)F)c1OCC(F)(F)F. The molecule has 1 aromatic carbocycles. The molecule has 0 fully saturated rings. The van der Waals surface area contributed by atoms with Gasteiger partial charge in [-0.1, -0.05) is 15.9 Å². The number of ether oxygens (including phenoxy) is 1. The van der Waals surface area contributed by atoms with Crippen LogP contribution in [0.3, 0.4) is 0 Å². The largest absolute Gasteiger partial charge is 0.483 e. The summed E-state index contributed by atoms with van der Waals surface area (Å²) in [5.41, 5.74) is -2.07. The lowest BCUT2D eigenvalue weighted by atomic mass is 10.1. The molecule has 0 spiro atoms. The molecule has 0 saturated carbocycles. The number of hydrogen-bond donors (Lipinski definition) is 0. The summed E-state index contributed by atoms with van der Waals surface area (Å²) in [6.45, 7) is -1.92. The van der Waals surface area contributed by atoms with E-state index >= 15 is 0 Å². The molecule has 9 heteroatoms. The summed E-state index contributed by atoms with van der Waals surface area (Å²) in [4.78, 5) is 10.6. The summed E-state index contributed by atoms with van der Waals surface area (Å²) < 4.78 is 78.0. The monoisotopic (exact) mass is 350 g/mol. The van der Waals surface area contributed by atoms with Crippen molar-refractivity contribution in [3.05, 3.63) is 27.7 Å². The average molecular weight is 351 g/mol. The van der Waals surface area contributed by atoms with E-state index in [4.69, 9.17) is 0 Å². The summed E-state index contributed by atoms with van der Waals surface area (Å²) in [5, 5.41) is 0. The molecule has 0 aliphatic heterocycles. The van der Waals surface area contributed by atoms with Crippen molar-refractivity contribution in [2.24, 2.45) is 0 Å². The molecule has 0 aliphatic carbocycles. The standard InChI is InChI=1S/C10H5BrF6O2/c11-6-1-5(3-18)8(19-4-9(12,13)14)7(2-6)10(15,16)17/h1-3H,4H2. The maximum absolute atomic E-state index is 12.7. The zero-order valence-corrected chi connectivity index (χ0v) is 10.5. The second-order valence-corrected chi connectivity index (χ2v) is 4.31. The van der Waals surface area contributed by atoms with E-state index in [2.05, 4.69) is 20.7 Å². The normalized spacial score (nSPS) is 12.4. The van der Waals surface area contributed by atoms with Crippen molar-refractivity contribution in [3.8, 4) is 5.75 Å². The number of halogens is 7. The number of aldehydes is 1. The number of rotatable bonds is 3. The Morgan fingerprint density at radius 1 is 1.16 bits per heavy atom. The Morgan fingerprint density at radius 3 is 2.16 bits per heavy atom. The van der Waals surface area contributed by atoms with Crippen LogP contribution in [0, 0.1) is 0 Å². The van der Waals surface area contributed by atoms with E-state index in [0.717, 1.165) is 6.07 Å². The van der Waals surface area contributed by atoms with Crippen molar-refractivity contribution in [1.82, 2.24) is 0 Å². The van der Waals surface area contributed by atoms with Crippen molar-refractivity contribution >= 4 is 22.2 Å². The van der Waals surface area contributed by atoms with Gasteiger partial charge in [0.05, 0.1) is 11.1 Å². The number of benzene rings is 1. The Balaban J connectivity index is 3.29. The minimum Gasteiger partial charge on any atom is -0.483 e. The van der Waals surface area contributed by atoms with Crippen molar-refractivity contribution in [2.45, 2.75) is 12.4 Å². The van der Waals surface area contributed by atoms with Crippen molar-refractivity contribution in [3.63, 3.8) is 0 Å². The summed E-state index contributed by atoms with van der Waals surface area (Å²) >= 11 is 2.73. The lowest BCUT2D eigenvalue weighted by Gasteiger charge is -2.17. The highest BCUT2D eigenvalue weighted by molar-refractivity contribution is 9.10. The maximum atomic E-state index is 12.7. The summed E-state index contributed by atoms with van der Waals surface area (Å²) in [6, 6.07) is 1.48. The lowest BCUT2D eigenvalue weighted by molar-refractivity contribution is -0.158. The molecular formula is C10H5BrF6O2. The molecule has 2 nitrogen and oxygen atoms in total. The molecule has 0 N–H and O–H groups in total.